The number of nitrogens with zero attached hydrogens (tertiary/aromatic N) is 1. The maximum absolute atomic E-state index is 13.0. The lowest BCUT2D eigenvalue weighted by Crippen LogP contribution is -2.36. The van der Waals surface area contributed by atoms with Crippen LogP contribution in [0.3, 0.4) is 0 Å². The highest BCUT2D eigenvalue weighted by atomic mass is 16.5. The molecule has 2 atom stereocenters. The third-order valence-electron chi connectivity index (χ3n) is 5.80. The lowest BCUT2D eigenvalue weighted by atomic mass is 9.95. The maximum Gasteiger partial charge on any atom is 0.295 e. The molecule has 2 unspecified atom stereocenters. The van der Waals surface area contributed by atoms with Crippen LogP contribution in [-0.2, 0) is 14.3 Å². The zero-order valence-electron chi connectivity index (χ0n) is 17.8. The van der Waals surface area contributed by atoms with Gasteiger partial charge in [0.1, 0.15) is 11.5 Å². The van der Waals surface area contributed by atoms with Crippen LogP contribution in [0.5, 0.6) is 5.75 Å². The summed E-state index contributed by atoms with van der Waals surface area (Å²) in [7, 11) is 0. The van der Waals surface area contributed by atoms with E-state index in [1.807, 2.05) is 50.2 Å². The highest BCUT2D eigenvalue weighted by Crippen LogP contribution is 2.40. The standard InChI is InChI=1S/C25H27NO5/c1-3-30-19-12-10-17(11-13-19)22-21(23(27)18-8-6-16(2)7-9-18)24(28)25(29)26(22)15-20-5-4-14-31-20/h6-13,20,22,27H,3-5,14-15H2,1-2H3/b23-21+. The van der Waals surface area contributed by atoms with E-state index in [-0.39, 0.29) is 17.4 Å². The van der Waals surface area contributed by atoms with Gasteiger partial charge in [-0.05, 0) is 44.4 Å². The number of ketones is 1. The second-order valence-corrected chi connectivity index (χ2v) is 7.95. The summed E-state index contributed by atoms with van der Waals surface area (Å²) in [4.78, 5) is 27.6. The van der Waals surface area contributed by atoms with Gasteiger partial charge in [-0.3, -0.25) is 9.59 Å². The number of amides is 1. The molecule has 0 aromatic heterocycles. The third-order valence-corrected chi connectivity index (χ3v) is 5.80. The van der Waals surface area contributed by atoms with E-state index in [1.165, 1.54) is 4.90 Å². The van der Waals surface area contributed by atoms with Gasteiger partial charge in [-0.15, -0.1) is 0 Å². The molecule has 1 N–H and O–H groups in total. The predicted octanol–water partition coefficient (Wildman–Crippen LogP) is 3.99. The van der Waals surface area contributed by atoms with Crippen LogP contribution in [0.25, 0.3) is 5.76 Å². The first-order valence-corrected chi connectivity index (χ1v) is 10.7. The molecule has 162 valence electrons. The van der Waals surface area contributed by atoms with Gasteiger partial charge in [0.15, 0.2) is 0 Å². The average Bonchev–Trinajstić information content (AvgIpc) is 3.37. The Kier molecular flexibility index (Phi) is 6.09. The zero-order chi connectivity index (χ0) is 22.0. The van der Waals surface area contributed by atoms with Gasteiger partial charge in [0.2, 0.25) is 0 Å². The molecular weight excluding hydrogens is 394 g/mol. The lowest BCUT2D eigenvalue weighted by molar-refractivity contribution is -0.140. The summed E-state index contributed by atoms with van der Waals surface area (Å²) >= 11 is 0. The molecule has 2 fully saturated rings. The van der Waals surface area contributed by atoms with Crippen molar-refractivity contribution in [3.63, 3.8) is 0 Å². The minimum Gasteiger partial charge on any atom is -0.507 e. The number of aryl methyl sites for hydroxylation is 1. The minimum absolute atomic E-state index is 0.107. The first-order chi connectivity index (χ1) is 15.0. The van der Waals surface area contributed by atoms with Crippen molar-refractivity contribution in [3.05, 3.63) is 70.8 Å². The van der Waals surface area contributed by atoms with Gasteiger partial charge < -0.3 is 19.5 Å². The lowest BCUT2D eigenvalue weighted by Gasteiger charge is -2.27. The summed E-state index contributed by atoms with van der Waals surface area (Å²) in [6, 6.07) is 13.9. The van der Waals surface area contributed by atoms with Crippen molar-refractivity contribution >= 4 is 17.4 Å². The summed E-state index contributed by atoms with van der Waals surface area (Å²) in [5.74, 6) is -0.731. The predicted molar refractivity (Wildman–Crippen MR) is 117 cm³/mol. The topological polar surface area (TPSA) is 76.1 Å². The first kappa shape index (κ1) is 21.1. The number of benzene rings is 2. The summed E-state index contributed by atoms with van der Waals surface area (Å²) in [6.07, 6.45) is 1.67. The molecule has 0 aliphatic carbocycles. The Bertz CT molecular complexity index is 988. The van der Waals surface area contributed by atoms with Crippen LogP contribution < -0.4 is 4.74 Å². The SMILES string of the molecule is CCOc1ccc(C2/C(=C(\O)c3ccc(C)cc3)C(=O)C(=O)N2CC2CCCO2)cc1. The van der Waals surface area contributed by atoms with Gasteiger partial charge in [0, 0.05) is 18.7 Å². The second kappa shape index (κ2) is 8.94. The van der Waals surface area contributed by atoms with Gasteiger partial charge in [-0.1, -0.05) is 42.0 Å². The number of carbonyl (C=O) groups is 2. The number of hydrogen-bond acceptors (Lipinski definition) is 5. The molecule has 2 aromatic carbocycles. The van der Waals surface area contributed by atoms with Crippen molar-refractivity contribution in [3.8, 4) is 5.75 Å². The molecule has 0 saturated carbocycles. The van der Waals surface area contributed by atoms with Gasteiger partial charge >= 0.3 is 0 Å². The van der Waals surface area contributed by atoms with Crippen LogP contribution >= 0.6 is 0 Å². The smallest absolute Gasteiger partial charge is 0.295 e. The fourth-order valence-corrected chi connectivity index (χ4v) is 4.20. The summed E-state index contributed by atoms with van der Waals surface area (Å²) in [5.41, 5.74) is 2.40. The van der Waals surface area contributed by atoms with E-state index < -0.39 is 17.7 Å². The molecule has 2 heterocycles. The van der Waals surface area contributed by atoms with E-state index in [9.17, 15) is 14.7 Å². The van der Waals surface area contributed by atoms with E-state index in [4.69, 9.17) is 9.47 Å². The monoisotopic (exact) mass is 421 g/mol. The van der Waals surface area contributed by atoms with E-state index in [1.54, 1.807) is 12.1 Å². The number of carbonyl (C=O) groups excluding carboxylic acids is 2. The normalized spacial score (nSPS) is 22.8. The van der Waals surface area contributed by atoms with Gasteiger partial charge in [-0.2, -0.15) is 0 Å². The highest BCUT2D eigenvalue weighted by molar-refractivity contribution is 6.46. The number of aliphatic hydroxyl groups excluding tert-OH is 1. The van der Waals surface area contributed by atoms with E-state index in [0.717, 1.165) is 24.0 Å². The van der Waals surface area contributed by atoms with Gasteiger partial charge in [0.25, 0.3) is 11.7 Å². The van der Waals surface area contributed by atoms with Gasteiger partial charge in [-0.25, -0.2) is 0 Å². The van der Waals surface area contributed by atoms with Crippen molar-refractivity contribution in [2.45, 2.75) is 38.8 Å². The Labute approximate surface area is 182 Å². The van der Waals surface area contributed by atoms with E-state index in [2.05, 4.69) is 0 Å². The fraction of sp³-hybridized carbons (Fsp3) is 0.360. The molecule has 2 aromatic rings. The maximum atomic E-state index is 13.0. The third kappa shape index (κ3) is 4.21. The van der Waals surface area contributed by atoms with Crippen LogP contribution in [0.2, 0.25) is 0 Å². The summed E-state index contributed by atoms with van der Waals surface area (Å²) in [6.45, 7) is 5.37. The summed E-state index contributed by atoms with van der Waals surface area (Å²) in [5, 5.41) is 11.1. The number of hydrogen-bond donors (Lipinski definition) is 1. The van der Waals surface area contributed by atoms with Crippen molar-refractivity contribution in [1.82, 2.24) is 4.90 Å². The molecule has 2 saturated heterocycles. The van der Waals surface area contributed by atoms with E-state index in [0.29, 0.717) is 31.1 Å². The molecule has 31 heavy (non-hydrogen) atoms. The van der Waals surface area contributed by atoms with Crippen molar-refractivity contribution in [1.29, 1.82) is 0 Å². The van der Waals surface area contributed by atoms with Crippen LogP contribution in [0.1, 0.15) is 42.5 Å². The van der Waals surface area contributed by atoms with Crippen LogP contribution in [-0.4, -0.2) is 47.6 Å². The highest BCUT2D eigenvalue weighted by Gasteiger charge is 2.47. The van der Waals surface area contributed by atoms with Crippen LogP contribution in [0.4, 0.5) is 0 Å². The van der Waals surface area contributed by atoms with Crippen molar-refractivity contribution in [2.75, 3.05) is 19.8 Å². The van der Waals surface area contributed by atoms with Crippen LogP contribution in [0, 0.1) is 6.92 Å². The first-order valence-electron chi connectivity index (χ1n) is 10.7. The minimum atomic E-state index is -0.679. The van der Waals surface area contributed by atoms with E-state index >= 15 is 0 Å². The number of likely N-dealkylation sites (tertiary alicyclic amines) is 1. The number of ether oxygens (including phenoxy) is 2. The summed E-state index contributed by atoms with van der Waals surface area (Å²) < 4.78 is 11.2. The molecule has 6 heteroatoms. The Hall–Kier alpha value is -3.12. The van der Waals surface area contributed by atoms with Crippen LogP contribution in [0.15, 0.2) is 54.1 Å². The Balaban J connectivity index is 1.78. The molecule has 2 aliphatic rings. The molecular formula is C25H27NO5. The Morgan fingerprint density at radius 1 is 1.13 bits per heavy atom. The number of Topliss-reactive ketones (excluding diaryl/α,β-unsaturated/α-hetero) is 1. The molecule has 0 bridgehead atoms. The Morgan fingerprint density at radius 3 is 2.45 bits per heavy atom. The zero-order valence-corrected chi connectivity index (χ0v) is 17.8. The molecule has 0 spiro atoms. The fourth-order valence-electron chi connectivity index (χ4n) is 4.20. The number of aliphatic hydroxyl groups is 1. The molecule has 4 rings (SSSR count). The molecule has 6 nitrogen and oxygen atoms in total. The van der Waals surface area contributed by atoms with Gasteiger partial charge in [0.05, 0.1) is 24.3 Å². The Morgan fingerprint density at radius 2 is 1.84 bits per heavy atom. The molecule has 2 aliphatic heterocycles. The second-order valence-electron chi connectivity index (χ2n) is 7.95. The average molecular weight is 421 g/mol. The largest absolute Gasteiger partial charge is 0.507 e. The molecule has 0 radical (unpaired) electrons. The van der Waals surface area contributed by atoms with Crippen molar-refractivity contribution < 1.29 is 24.2 Å². The quantitative estimate of drug-likeness (QED) is 0.434. The number of rotatable bonds is 6. The van der Waals surface area contributed by atoms with Crippen molar-refractivity contribution in [2.24, 2.45) is 0 Å². The molecule has 1 amide bonds.